The first-order valence-electron chi connectivity index (χ1n) is 10.1. The van der Waals surface area contributed by atoms with E-state index in [4.69, 9.17) is 16.2 Å². The Morgan fingerprint density at radius 2 is 1.74 bits per heavy atom. The number of carbonyl (C=O) groups is 1. The number of hydrogen-bond donors (Lipinski definition) is 3. The molecule has 8 nitrogen and oxygen atoms in total. The number of alkyl halides is 3. The second-order valence-corrected chi connectivity index (χ2v) is 7.43. The average molecular weight is 471 g/mol. The first kappa shape index (κ1) is 22.9. The summed E-state index contributed by atoms with van der Waals surface area (Å²) in [6.45, 7) is 0. The van der Waals surface area contributed by atoms with Crippen LogP contribution in [0.5, 0.6) is 0 Å². The van der Waals surface area contributed by atoms with Crippen LogP contribution in [0.3, 0.4) is 0 Å². The maximum absolute atomic E-state index is 14.0. The van der Waals surface area contributed by atoms with E-state index in [1.54, 1.807) is 0 Å². The van der Waals surface area contributed by atoms with E-state index in [0.29, 0.717) is 5.70 Å². The highest BCUT2D eigenvalue weighted by molar-refractivity contribution is 5.72. The minimum absolute atomic E-state index is 0.0987. The number of allylic oxidation sites excluding steroid dienone is 2. The van der Waals surface area contributed by atoms with Gasteiger partial charge < -0.3 is 26.3 Å². The maximum atomic E-state index is 14.0. The minimum Gasteiger partial charge on any atom is -0.437 e. The molecule has 0 aliphatic carbocycles. The van der Waals surface area contributed by atoms with Crippen LogP contribution in [0.4, 0.5) is 35.5 Å². The predicted molar refractivity (Wildman–Crippen MR) is 118 cm³/mol. The zero-order chi connectivity index (χ0) is 24.5. The summed E-state index contributed by atoms with van der Waals surface area (Å²) in [6, 6.07) is 14.0. The van der Waals surface area contributed by atoms with Crippen molar-refractivity contribution in [1.82, 2.24) is 9.97 Å². The van der Waals surface area contributed by atoms with Crippen molar-refractivity contribution in [3.63, 3.8) is 0 Å². The fourth-order valence-corrected chi connectivity index (χ4v) is 3.88. The highest BCUT2D eigenvalue weighted by Gasteiger charge is 2.42. The lowest BCUT2D eigenvalue weighted by atomic mass is 9.83. The van der Waals surface area contributed by atoms with E-state index in [0.717, 1.165) is 18.7 Å². The number of fused-ring (bicyclic) bond motifs is 1. The van der Waals surface area contributed by atoms with Gasteiger partial charge in [-0.3, -0.25) is 0 Å². The Morgan fingerprint density at radius 3 is 2.41 bits per heavy atom. The number of hydrogen-bond acceptors (Lipinski definition) is 8. The van der Waals surface area contributed by atoms with E-state index in [1.165, 1.54) is 18.2 Å². The number of halogens is 3. The number of methoxy groups -OCH3 is 1. The lowest BCUT2D eigenvalue weighted by Gasteiger charge is -2.32. The van der Waals surface area contributed by atoms with Gasteiger partial charge in [-0.2, -0.15) is 23.1 Å². The molecule has 0 radical (unpaired) electrons. The van der Waals surface area contributed by atoms with Crippen molar-refractivity contribution in [2.75, 3.05) is 23.9 Å². The lowest BCUT2D eigenvalue weighted by molar-refractivity contribution is -0.138. The number of nitrogens with one attached hydrogen (secondary N) is 1. The molecular weight excluding hydrogens is 451 g/mol. The number of nitrogens with zero attached hydrogens (tertiary/aromatic N) is 2. The van der Waals surface area contributed by atoms with E-state index in [-0.39, 0.29) is 40.9 Å². The largest absolute Gasteiger partial charge is 0.513 e. The van der Waals surface area contributed by atoms with Gasteiger partial charge in [-0.05, 0) is 17.2 Å². The van der Waals surface area contributed by atoms with Gasteiger partial charge in [0.2, 0.25) is 5.95 Å². The molecule has 1 aliphatic heterocycles. The van der Waals surface area contributed by atoms with Crippen LogP contribution in [0.15, 0.2) is 66.1 Å². The molecule has 11 heteroatoms. The van der Waals surface area contributed by atoms with Crippen LogP contribution in [0, 0.1) is 0 Å². The Labute approximate surface area is 192 Å². The standard InChI is InChI=1S/C23H20F3N5O3/c1-33-22(32)34-18-15(11-12-7-3-2-4-8-12)29-20-17(19(27)30-21(28)31-20)16(18)13-9-5-6-10-14(13)23(24,25)26/h2-10,16H,11H2,1H3,(H5,27,28,29,30,31). The summed E-state index contributed by atoms with van der Waals surface area (Å²) in [5.74, 6) is -1.58. The molecule has 1 atom stereocenters. The zero-order valence-corrected chi connectivity index (χ0v) is 17.9. The van der Waals surface area contributed by atoms with Crippen LogP contribution in [0.2, 0.25) is 0 Å². The number of nitrogens with two attached hydrogens (primary N) is 2. The maximum Gasteiger partial charge on any atom is 0.513 e. The van der Waals surface area contributed by atoms with E-state index in [2.05, 4.69) is 20.0 Å². The van der Waals surface area contributed by atoms with Crippen molar-refractivity contribution < 1.29 is 27.4 Å². The summed E-state index contributed by atoms with van der Waals surface area (Å²) in [5, 5.41) is 3.02. The third kappa shape index (κ3) is 4.45. The van der Waals surface area contributed by atoms with Crippen LogP contribution < -0.4 is 16.8 Å². The number of benzene rings is 2. The van der Waals surface area contributed by atoms with E-state index >= 15 is 0 Å². The molecule has 0 saturated heterocycles. The second kappa shape index (κ2) is 8.93. The molecule has 1 aliphatic rings. The number of rotatable bonds is 4. The van der Waals surface area contributed by atoms with Gasteiger partial charge in [0.15, 0.2) is 0 Å². The molecule has 0 bridgehead atoms. The Morgan fingerprint density at radius 1 is 1.06 bits per heavy atom. The number of nitrogen functional groups attached to an aromatic ring is 2. The first-order chi connectivity index (χ1) is 16.2. The Balaban J connectivity index is 2.01. The van der Waals surface area contributed by atoms with Crippen LogP contribution in [-0.4, -0.2) is 23.2 Å². The zero-order valence-electron chi connectivity index (χ0n) is 17.9. The summed E-state index contributed by atoms with van der Waals surface area (Å²) in [5.41, 5.74) is 11.9. The van der Waals surface area contributed by atoms with E-state index < -0.39 is 23.8 Å². The first-order valence-corrected chi connectivity index (χ1v) is 10.1. The number of anilines is 3. The highest BCUT2D eigenvalue weighted by atomic mass is 19.4. The third-order valence-corrected chi connectivity index (χ3v) is 5.27. The molecule has 0 amide bonds. The summed E-state index contributed by atoms with van der Waals surface area (Å²) < 4.78 is 52.1. The molecule has 2 heterocycles. The number of carbonyl (C=O) groups excluding carboxylic acids is 1. The molecule has 4 rings (SSSR count). The Kier molecular flexibility index (Phi) is 6.01. The molecule has 5 N–H and O–H groups in total. The quantitative estimate of drug-likeness (QED) is 0.477. The van der Waals surface area contributed by atoms with Crippen molar-refractivity contribution in [2.24, 2.45) is 0 Å². The van der Waals surface area contributed by atoms with Crippen LogP contribution in [-0.2, 0) is 22.1 Å². The molecule has 176 valence electrons. The SMILES string of the molecule is COC(=O)OC1=C(Cc2ccccc2)Nc2nc(N)nc(N)c2C1c1ccccc1C(F)(F)F. The smallest absolute Gasteiger partial charge is 0.437 e. The summed E-state index contributed by atoms with van der Waals surface area (Å²) in [7, 11) is 1.10. The van der Waals surface area contributed by atoms with Gasteiger partial charge in [0, 0.05) is 6.42 Å². The van der Waals surface area contributed by atoms with Crippen LogP contribution in [0.25, 0.3) is 0 Å². The van der Waals surface area contributed by atoms with Gasteiger partial charge in [-0.15, -0.1) is 0 Å². The fraction of sp³-hybridized carbons (Fsp3) is 0.174. The van der Waals surface area contributed by atoms with E-state index in [9.17, 15) is 18.0 Å². The normalized spacial score (nSPS) is 15.4. The highest BCUT2D eigenvalue weighted by Crippen LogP contribution is 2.48. The van der Waals surface area contributed by atoms with Gasteiger partial charge in [-0.1, -0.05) is 48.5 Å². The average Bonchev–Trinajstić information content (AvgIpc) is 2.79. The van der Waals surface area contributed by atoms with Gasteiger partial charge in [-0.25, -0.2) is 4.79 Å². The van der Waals surface area contributed by atoms with Crippen molar-refractivity contribution >= 4 is 23.7 Å². The molecule has 0 spiro atoms. The van der Waals surface area contributed by atoms with Gasteiger partial charge in [0.05, 0.1) is 29.9 Å². The third-order valence-electron chi connectivity index (χ3n) is 5.27. The van der Waals surface area contributed by atoms with Crippen molar-refractivity contribution in [1.29, 1.82) is 0 Å². The van der Waals surface area contributed by atoms with Crippen molar-refractivity contribution in [3.8, 4) is 0 Å². The Bertz CT molecular complexity index is 1260. The molecular formula is C23H20F3N5O3. The second-order valence-electron chi connectivity index (χ2n) is 7.43. The molecule has 2 aromatic carbocycles. The number of ether oxygens (including phenoxy) is 2. The summed E-state index contributed by atoms with van der Waals surface area (Å²) >= 11 is 0. The van der Waals surface area contributed by atoms with Gasteiger partial charge in [0.25, 0.3) is 0 Å². The van der Waals surface area contributed by atoms with Crippen LogP contribution >= 0.6 is 0 Å². The van der Waals surface area contributed by atoms with Crippen LogP contribution in [0.1, 0.15) is 28.2 Å². The van der Waals surface area contributed by atoms with Gasteiger partial charge in [0.1, 0.15) is 17.4 Å². The molecule has 0 saturated carbocycles. The summed E-state index contributed by atoms with van der Waals surface area (Å²) in [6.07, 6.45) is -5.61. The monoisotopic (exact) mass is 471 g/mol. The van der Waals surface area contributed by atoms with E-state index in [1.807, 2.05) is 30.3 Å². The minimum atomic E-state index is -4.69. The fourth-order valence-electron chi connectivity index (χ4n) is 3.88. The van der Waals surface area contributed by atoms with Crippen molar-refractivity contribution in [2.45, 2.75) is 18.5 Å². The predicted octanol–water partition coefficient (Wildman–Crippen LogP) is 4.45. The number of aromatic nitrogens is 2. The topological polar surface area (TPSA) is 125 Å². The molecule has 3 aromatic rings. The molecule has 0 fully saturated rings. The molecule has 34 heavy (non-hydrogen) atoms. The van der Waals surface area contributed by atoms with Gasteiger partial charge >= 0.3 is 12.3 Å². The lowest BCUT2D eigenvalue weighted by Crippen LogP contribution is -2.27. The Hall–Kier alpha value is -4.28. The molecule has 1 unspecified atom stereocenters. The summed E-state index contributed by atoms with van der Waals surface area (Å²) in [4.78, 5) is 20.3. The molecule has 1 aromatic heterocycles. The van der Waals surface area contributed by atoms with Crippen molar-refractivity contribution in [3.05, 3.63) is 88.3 Å².